The molecule has 0 saturated heterocycles. The minimum absolute atomic E-state index is 0.166. The number of nitrogens with zero attached hydrogens (tertiary/aromatic N) is 1. The first-order chi connectivity index (χ1) is 8.20. The smallest absolute Gasteiger partial charge is 0.257 e. The minimum atomic E-state index is -0.166. The molecule has 0 aliphatic carbocycles. The highest BCUT2D eigenvalue weighted by atomic mass is 32.1. The molecule has 2 aromatic rings. The van der Waals surface area contributed by atoms with Gasteiger partial charge in [-0.3, -0.25) is 10.1 Å². The van der Waals surface area contributed by atoms with Crippen molar-refractivity contribution in [3.05, 3.63) is 46.5 Å². The first-order valence-electron chi connectivity index (χ1n) is 5.22. The van der Waals surface area contributed by atoms with Crippen LogP contribution in [0.4, 0.5) is 5.13 Å². The Morgan fingerprint density at radius 2 is 2.24 bits per heavy atom. The van der Waals surface area contributed by atoms with Crippen LogP contribution in [0.3, 0.4) is 0 Å². The largest absolute Gasteiger partial charge is 0.326 e. The highest BCUT2D eigenvalue weighted by Gasteiger charge is 2.11. The van der Waals surface area contributed by atoms with Crippen molar-refractivity contribution in [3.63, 3.8) is 0 Å². The van der Waals surface area contributed by atoms with Crippen molar-refractivity contribution in [2.45, 2.75) is 13.5 Å². The van der Waals surface area contributed by atoms with Crippen molar-refractivity contribution >= 4 is 22.4 Å². The number of amides is 1. The molecule has 0 atom stereocenters. The van der Waals surface area contributed by atoms with Crippen molar-refractivity contribution in [2.24, 2.45) is 5.73 Å². The van der Waals surface area contributed by atoms with E-state index in [1.54, 1.807) is 6.07 Å². The molecule has 0 aliphatic heterocycles. The average molecular weight is 247 g/mol. The van der Waals surface area contributed by atoms with Crippen LogP contribution in [-0.2, 0) is 6.54 Å². The molecule has 4 nitrogen and oxygen atoms in total. The maximum absolute atomic E-state index is 12.0. The molecule has 1 aromatic heterocycles. The summed E-state index contributed by atoms with van der Waals surface area (Å²) in [6.07, 6.45) is 0. The summed E-state index contributed by atoms with van der Waals surface area (Å²) in [5, 5.41) is 5.27. The van der Waals surface area contributed by atoms with Gasteiger partial charge in [-0.05, 0) is 18.6 Å². The fourth-order valence-electron chi connectivity index (χ4n) is 1.50. The van der Waals surface area contributed by atoms with Gasteiger partial charge in [0.05, 0.1) is 5.69 Å². The second-order valence-electron chi connectivity index (χ2n) is 3.61. The van der Waals surface area contributed by atoms with Crippen molar-refractivity contribution in [2.75, 3.05) is 5.32 Å². The topological polar surface area (TPSA) is 68.0 Å². The van der Waals surface area contributed by atoms with Gasteiger partial charge in [0.25, 0.3) is 5.91 Å². The van der Waals surface area contributed by atoms with E-state index in [0.717, 1.165) is 11.3 Å². The molecule has 0 spiro atoms. The van der Waals surface area contributed by atoms with E-state index < -0.39 is 0 Å². The molecule has 17 heavy (non-hydrogen) atoms. The number of aromatic nitrogens is 1. The highest BCUT2D eigenvalue weighted by molar-refractivity contribution is 7.13. The Bertz CT molecular complexity index is 536. The van der Waals surface area contributed by atoms with Crippen LogP contribution in [0.5, 0.6) is 0 Å². The van der Waals surface area contributed by atoms with Gasteiger partial charge in [-0.2, -0.15) is 0 Å². The molecule has 1 heterocycles. The number of anilines is 1. The normalized spacial score (nSPS) is 10.2. The molecular formula is C12H13N3OS. The molecule has 0 saturated carbocycles. The summed E-state index contributed by atoms with van der Waals surface area (Å²) in [6.45, 7) is 2.24. The molecule has 0 aliphatic rings. The fraction of sp³-hybridized carbons (Fsp3) is 0.167. The Balaban J connectivity index is 2.20. The molecule has 0 bridgehead atoms. The van der Waals surface area contributed by atoms with E-state index in [1.165, 1.54) is 11.3 Å². The summed E-state index contributed by atoms with van der Waals surface area (Å²) in [7, 11) is 0. The van der Waals surface area contributed by atoms with Crippen LogP contribution in [0, 0.1) is 6.92 Å². The molecule has 5 heteroatoms. The van der Waals surface area contributed by atoms with Gasteiger partial charge in [0.15, 0.2) is 5.13 Å². The predicted octanol–water partition coefficient (Wildman–Crippen LogP) is 2.16. The second kappa shape index (κ2) is 5.07. The molecule has 0 fully saturated rings. The standard InChI is InChI=1S/C12H13N3OS/c1-8-7-17-12(14-8)15-11(16)10-5-3-2-4-9(10)6-13/h2-5,7H,6,13H2,1H3,(H,14,15,16). The van der Waals surface area contributed by atoms with Crippen LogP contribution < -0.4 is 11.1 Å². The van der Waals surface area contributed by atoms with Gasteiger partial charge < -0.3 is 5.73 Å². The number of carbonyl (C=O) groups excluding carboxylic acids is 1. The summed E-state index contributed by atoms with van der Waals surface area (Å²) in [5.74, 6) is -0.166. The summed E-state index contributed by atoms with van der Waals surface area (Å²) < 4.78 is 0. The quantitative estimate of drug-likeness (QED) is 0.873. The number of hydrogen-bond acceptors (Lipinski definition) is 4. The van der Waals surface area contributed by atoms with Gasteiger partial charge >= 0.3 is 0 Å². The van der Waals surface area contributed by atoms with E-state index >= 15 is 0 Å². The molecule has 2 rings (SSSR count). The lowest BCUT2D eigenvalue weighted by molar-refractivity contribution is 0.102. The highest BCUT2D eigenvalue weighted by Crippen LogP contribution is 2.16. The lowest BCUT2D eigenvalue weighted by Crippen LogP contribution is -2.15. The second-order valence-corrected chi connectivity index (χ2v) is 4.47. The number of thiazole rings is 1. The zero-order valence-corrected chi connectivity index (χ0v) is 10.3. The van der Waals surface area contributed by atoms with Crippen LogP contribution in [0.25, 0.3) is 0 Å². The Hall–Kier alpha value is -1.72. The molecule has 0 unspecified atom stereocenters. The van der Waals surface area contributed by atoms with Gasteiger partial charge in [-0.15, -0.1) is 11.3 Å². The lowest BCUT2D eigenvalue weighted by Gasteiger charge is -2.06. The zero-order chi connectivity index (χ0) is 12.3. The van der Waals surface area contributed by atoms with Crippen LogP contribution in [0.2, 0.25) is 0 Å². The van der Waals surface area contributed by atoms with Gasteiger partial charge in [-0.25, -0.2) is 4.98 Å². The summed E-state index contributed by atoms with van der Waals surface area (Å²) >= 11 is 1.41. The average Bonchev–Trinajstić information content (AvgIpc) is 2.74. The summed E-state index contributed by atoms with van der Waals surface area (Å²) in [6, 6.07) is 7.30. The maximum Gasteiger partial charge on any atom is 0.257 e. The summed E-state index contributed by atoms with van der Waals surface area (Å²) in [5.41, 5.74) is 7.92. The number of nitrogens with two attached hydrogens (primary N) is 1. The van der Waals surface area contributed by atoms with Gasteiger partial charge in [0, 0.05) is 17.5 Å². The molecule has 0 radical (unpaired) electrons. The third-order valence-electron chi connectivity index (χ3n) is 2.32. The number of carbonyl (C=O) groups is 1. The van der Waals surface area contributed by atoms with Crippen LogP contribution in [0.1, 0.15) is 21.6 Å². The lowest BCUT2D eigenvalue weighted by atomic mass is 10.1. The van der Waals surface area contributed by atoms with E-state index in [9.17, 15) is 4.79 Å². The van der Waals surface area contributed by atoms with E-state index in [1.807, 2.05) is 30.5 Å². The molecule has 88 valence electrons. The summed E-state index contributed by atoms with van der Waals surface area (Å²) in [4.78, 5) is 16.2. The number of rotatable bonds is 3. The Morgan fingerprint density at radius 3 is 2.88 bits per heavy atom. The van der Waals surface area contributed by atoms with Crippen LogP contribution in [-0.4, -0.2) is 10.9 Å². The molecule has 3 N–H and O–H groups in total. The number of nitrogens with one attached hydrogen (secondary N) is 1. The number of hydrogen-bond donors (Lipinski definition) is 2. The van der Waals surface area contributed by atoms with Crippen molar-refractivity contribution < 1.29 is 4.79 Å². The first-order valence-corrected chi connectivity index (χ1v) is 6.10. The zero-order valence-electron chi connectivity index (χ0n) is 9.43. The van der Waals surface area contributed by atoms with E-state index in [0.29, 0.717) is 17.2 Å². The van der Waals surface area contributed by atoms with Gasteiger partial charge in [-0.1, -0.05) is 18.2 Å². The Morgan fingerprint density at radius 1 is 1.47 bits per heavy atom. The van der Waals surface area contributed by atoms with E-state index in [2.05, 4.69) is 10.3 Å². The Kier molecular flexibility index (Phi) is 3.51. The minimum Gasteiger partial charge on any atom is -0.326 e. The van der Waals surface area contributed by atoms with Gasteiger partial charge in [0.1, 0.15) is 0 Å². The van der Waals surface area contributed by atoms with Crippen LogP contribution >= 0.6 is 11.3 Å². The van der Waals surface area contributed by atoms with Crippen molar-refractivity contribution in [1.82, 2.24) is 4.98 Å². The van der Waals surface area contributed by atoms with Gasteiger partial charge in [0.2, 0.25) is 0 Å². The fourth-order valence-corrected chi connectivity index (χ4v) is 2.18. The molecular weight excluding hydrogens is 234 g/mol. The SMILES string of the molecule is Cc1csc(NC(=O)c2ccccc2CN)n1. The van der Waals surface area contributed by atoms with E-state index in [-0.39, 0.29) is 5.91 Å². The number of aryl methyl sites for hydroxylation is 1. The van der Waals surface area contributed by atoms with Crippen molar-refractivity contribution in [3.8, 4) is 0 Å². The maximum atomic E-state index is 12.0. The number of benzene rings is 1. The Labute approximate surface area is 103 Å². The third kappa shape index (κ3) is 2.69. The predicted molar refractivity (Wildman–Crippen MR) is 69.1 cm³/mol. The molecule has 1 amide bonds. The third-order valence-corrected chi connectivity index (χ3v) is 3.20. The monoisotopic (exact) mass is 247 g/mol. The van der Waals surface area contributed by atoms with Crippen molar-refractivity contribution in [1.29, 1.82) is 0 Å². The van der Waals surface area contributed by atoms with E-state index in [4.69, 9.17) is 5.73 Å². The molecule has 1 aromatic carbocycles. The van der Waals surface area contributed by atoms with Crippen LogP contribution in [0.15, 0.2) is 29.6 Å². The first kappa shape index (κ1) is 11.8.